The zero-order valence-corrected chi connectivity index (χ0v) is 9.40. The average Bonchev–Trinajstić information content (AvgIpc) is 2.67. The molecular formula is C13H14N2O2. The molecule has 0 amide bonds. The van der Waals surface area contributed by atoms with Crippen LogP contribution in [-0.2, 0) is 22.4 Å². The number of carbonyl (C=O) groups is 1. The minimum Gasteiger partial charge on any atom is -0.446 e. The molecule has 17 heavy (non-hydrogen) atoms. The Kier molecular flexibility index (Phi) is 2.19. The van der Waals surface area contributed by atoms with E-state index in [9.17, 15) is 4.79 Å². The summed E-state index contributed by atoms with van der Waals surface area (Å²) in [5.41, 5.74) is 8.73. The molecule has 0 saturated heterocycles. The highest BCUT2D eigenvalue weighted by Crippen LogP contribution is 2.32. The summed E-state index contributed by atoms with van der Waals surface area (Å²) >= 11 is 0. The number of benzene rings is 1. The number of aromatic nitrogens is 1. The molecule has 1 aromatic heterocycles. The fraction of sp³-hybridized carbons (Fsp3) is 0.308. The molecule has 4 heteroatoms. The Labute approximate surface area is 98.8 Å². The van der Waals surface area contributed by atoms with Crippen LogP contribution >= 0.6 is 0 Å². The van der Waals surface area contributed by atoms with E-state index in [1.807, 2.05) is 18.2 Å². The standard InChI is InChI=1S/C13H14N2O2/c14-13(17-8-16)6-5-12-10(7-13)9-3-1-2-4-11(9)15-12/h1-4,8,15H,5-7,14H2. The number of H-pyrrole nitrogens is 1. The predicted molar refractivity (Wildman–Crippen MR) is 64.4 cm³/mol. The molecule has 88 valence electrons. The number of ether oxygens (including phenoxy) is 1. The molecule has 1 aliphatic rings. The molecule has 1 heterocycles. The number of carbonyl (C=O) groups excluding carboxylic acids is 1. The molecule has 3 rings (SSSR count). The van der Waals surface area contributed by atoms with Crippen LogP contribution in [0.3, 0.4) is 0 Å². The SMILES string of the molecule is NC1(OC=O)CCc2[nH]c3ccccc3c2C1. The normalized spacial score (nSPS) is 23.4. The van der Waals surface area contributed by atoms with Crippen LogP contribution in [-0.4, -0.2) is 17.2 Å². The van der Waals surface area contributed by atoms with E-state index < -0.39 is 5.72 Å². The van der Waals surface area contributed by atoms with Gasteiger partial charge in [-0.15, -0.1) is 0 Å². The van der Waals surface area contributed by atoms with E-state index in [1.165, 1.54) is 16.6 Å². The quantitative estimate of drug-likeness (QED) is 0.606. The lowest BCUT2D eigenvalue weighted by Gasteiger charge is -2.31. The average molecular weight is 230 g/mol. The van der Waals surface area contributed by atoms with Crippen molar-refractivity contribution < 1.29 is 9.53 Å². The van der Waals surface area contributed by atoms with E-state index in [1.54, 1.807) is 0 Å². The van der Waals surface area contributed by atoms with Crippen molar-refractivity contribution >= 4 is 17.4 Å². The summed E-state index contributed by atoms with van der Waals surface area (Å²) in [5.74, 6) is 0. The molecule has 0 spiro atoms. The van der Waals surface area contributed by atoms with Crippen LogP contribution < -0.4 is 5.73 Å². The molecule has 0 bridgehead atoms. The summed E-state index contributed by atoms with van der Waals surface area (Å²) in [5, 5.41) is 1.17. The van der Waals surface area contributed by atoms with E-state index in [-0.39, 0.29) is 0 Å². The Hall–Kier alpha value is -1.81. The van der Waals surface area contributed by atoms with Crippen molar-refractivity contribution in [2.45, 2.75) is 25.0 Å². The van der Waals surface area contributed by atoms with Gasteiger partial charge in [0.05, 0.1) is 0 Å². The largest absolute Gasteiger partial charge is 0.446 e. The van der Waals surface area contributed by atoms with Crippen molar-refractivity contribution in [2.75, 3.05) is 0 Å². The molecular weight excluding hydrogens is 216 g/mol. The fourth-order valence-electron chi connectivity index (χ4n) is 2.59. The molecule has 0 fully saturated rings. The van der Waals surface area contributed by atoms with Crippen molar-refractivity contribution in [3.05, 3.63) is 35.5 Å². The molecule has 1 atom stereocenters. The van der Waals surface area contributed by atoms with Crippen molar-refractivity contribution in [3.63, 3.8) is 0 Å². The zero-order chi connectivity index (χ0) is 11.9. The van der Waals surface area contributed by atoms with Gasteiger partial charge in [-0.3, -0.25) is 10.5 Å². The third kappa shape index (κ3) is 1.61. The lowest BCUT2D eigenvalue weighted by molar-refractivity contribution is -0.144. The van der Waals surface area contributed by atoms with Gasteiger partial charge in [-0.1, -0.05) is 18.2 Å². The van der Waals surface area contributed by atoms with E-state index >= 15 is 0 Å². The number of fused-ring (bicyclic) bond motifs is 3. The number of rotatable bonds is 2. The first-order valence-corrected chi connectivity index (χ1v) is 5.71. The van der Waals surface area contributed by atoms with Gasteiger partial charge in [0.1, 0.15) is 0 Å². The lowest BCUT2D eigenvalue weighted by Crippen LogP contribution is -2.47. The molecule has 0 aliphatic heterocycles. The number of aryl methyl sites for hydroxylation is 1. The maximum Gasteiger partial charge on any atom is 0.294 e. The number of hydrogen-bond acceptors (Lipinski definition) is 3. The minimum atomic E-state index is -0.848. The van der Waals surface area contributed by atoms with Crippen LogP contribution in [0.1, 0.15) is 17.7 Å². The minimum absolute atomic E-state index is 0.444. The number of nitrogens with two attached hydrogens (primary N) is 1. The molecule has 1 aliphatic carbocycles. The molecule has 2 aromatic rings. The summed E-state index contributed by atoms with van der Waals surface area (Å²) in [6.45, 7) is 0.444. The molecule has 1 unspecified atom stereocenters. The first-order valence-electron chi connectivity index (χ1n) is 5.71. The fourth-order valence-corrected chi connectivity index (χ4v) is 2.59. The second-order valence-corrected chi connectivity index (χ2v) is 4.58. The summed E-state index contributed by atoms with van der Waals surface area (Å²) in [6, 6.07) is 8.12. The van der Waals surface area contributed by atoms with Gasteiger partial charge in [-0.25, -0.2) is 0 Å². The monoisotopic (exact) mass is 230 g/mol. The van der Waals surface area contributed by atoms with Crippen LogP contribution in [0, 0.1) is 0 Å². The molecule has 0 saturated carbocycles. The summed E-state index contributed by atoms with van der Waals surface area (Å²) in [7, 11) is 0. The van der Waals surface area contributed by atoms with E-state index in [0.29, 0.717) is 19.3 Å². The maximum atomic E-state index is 10.5. The van der Waals surface area contributed by atoms with Gasteiger partial charge in [-0.05, 0) is 18.1 Å². The maximum absolute atomic E-state index is 10.5. The number of hydrogen-bond donors (Lipinski definition) is 2. The molecule has 0 radical (unpaired) electrons. The zero-order valence-electron chi connectivity index (χ0n) is 9.40. The Morgan fingerprint density at radius 2 is 2.24 bits per heavy atom. The predicted octanol–water partition coefficient (Wildman–Crippen LogP) is 1.48. The third-order valence-electron chi connectivity index (χ3n) is 3.46. The second-order valence-electron chi connectivity index (χ2n) is 4.58. The highest BCUT2D eigenvalue weighted by atomic mass is 16.5. The van der Waals surface area contributed by atoms with Gasteiger partial charge in [0.25, 0.3) is 6.47 Å². The molecule has 3 N–H and O–H groups in total. The van der Waals surface area contributed by atoms with E-state index in [4.69, 9.17) is 10.5 Å². The second kappa shape index (κ2) is 3.60. The van der Waals surface area contributed by atoms with Gasteiger partial charge < -0.3 is 9.72 Å². The van der Waals surface area contributed by atoms with Gasteiger partial charge in [0, 0.05) is 29.4 Å². The molecule has 1 aromatic carbocycles. The Morgan fingerprint density at radius 1 is 1.41 bits per heavy atom. The number of nitrogens with one attached hydrogen (secondary N) is 1. The smallest absolute Gasteiger partial charge is 0.294 e. The van der Waals surface area contributed by atoms with E-state index in [0.717, 1.165) is 11.9 Å². The van der Waals surface area contributed by atoms with Crippen molar-refractivity contribution in [1.82, 2.24) is 4.98 Å². The highest BCUT2D eigenvalue weighted by Gasteiger charge is 2.34. The van der Waals surface area contributed by atoms with Gasteiger partial charge in [0.2, 0.25) is 0 Å². The summed E-state index contributed by atoms with van der Waals surface area (Å²) < 4.78 is 5.03. The Morgan fingerprint density at radius 3 is 3.06 bits per heavy atom. The van der Waals surface area contributed by atoms with Gasteiger partial charge >= 0.3 is 0 Å². The van der Waals surface area contributed by atoms with Crippen molar-refractivity contribution in [2.24, 2.45) is 5.73 Å². The number of aromatic amines is 1. The van der Waals surface area contributed by atoms with Gasteiger partial charge in [-0.2, -0.15) is 0 Å². The van der Waals surface area contributed by atoms with Crippen molar-refractivity contribution in [3.8, 4) is 0 Å². The van der Waals surface area contributed by atoms with Crippen LogP contribution in [0.25, 0.3) is 10.9 Å². The first kappa shape index (κ1) is 10.4. The van der Waals surface area contributed by atoms with Crippen molar-refractivity contribution in [1.29, 1.82) is 0 Å². The van der Waals surface area contributed by atoms with E-state index in [2.05, 4.69) is 11.1 Å². The lowest BCUT2D eigenvalue weighted by atomic mass is 9.89. The topological polar surface area (TPSA) is 68.1 Å². The van der Waals surface area contributed by atoms with Crippen LogP contribution in [0.2, 0.25) is 0 Å². The summed E-state index contributed by atoms with van der Waals surface area (Å²) in [4.78, 5) is 13.9. The van der Waals surface area contributed by atoms with Crippen LogP contribution in [0.5, 0.6) is 0 Å². The summed E-state index contributed by atoms with van der Waals surface area (Å²) in [6.07, 6.45) is 2.05. The molecule has 4 nitrogen and oxygen atoms in total. The Bertz CT molecular complexity index is 576. The number of para-hydroxylation sites is 1. The van der Waals surface area contributed by atoms with Crippen LogP contribution in [0.15, 0.2) is 24.3 Å². The third-order valence-corrected chi connectivity index (χ3v) is 3.46. The van der Waals surface area contributed by atoms with Crippen LogP contribution in [0.4, 0.5) is 0 Å². The highest BCUT2D eigenvalue weighted by molar-refractivity contribution is 5.85. The first-order chi connectivity index (χ1) is 8.22. The Balaban J connectivity index is 2.08. The van der Waals surface area contributed by atoms with Gasteiger partial charge in [0.15, 0.2) is 5.72 Å².